The molecule has 4 fully saturated rings. The molecule has 0 bridgehead atoms. The predicted octanol–water partition coefficient (Wildman–Crippen LogP) is 3.83. The van der Waals surface area contributed by atoms with Crippen molar-refractivity contribution in [3.05, 3.63) is 12.2 Å². The molecule has 4 rings (SSSR count). The van der Waals surface area contributed by atoms with Gasteiger partial charge in [0.15, 0.2) is 5.78 Å². The van der Waals surface area contributed by atoms with Crippen molar-refractivity contribution in [1.82, 2.24) is 4.90 Å². The summed E-state index contributed by atoms with van der Waals surface area (Å²) < 4.78 is 0. The zero-order chi connectivity index (χ0) is 17.4. The normalized spacial score (nSPS) is 51.2. The number of fused-ring (bicyclic) bond motifs is 5. The van der Waals surface area contributed by atoms with Gasteiger partial charge in [0.1, 0.15) is 0 Å². The Bertz CT molecular complexity index is 625. The molecule has 5 unspecified atom stereocenters. The number of hydrogen-bond donors (Lipinski definition) is 0. The van der Waals surface area contributed by atoms with Crippen LogP contribution >= 0.6 is 0 Å². The van der Waals surface area contributed by atoms with Gasteiger partial charge in [0.25, 0.3) is 0 Å². The number of Topliss-reactive ketones (excluding diaryl/α,β-unsaturated/α-hetero) is 1. The lowest BCUT2D eigenvalue weighted by Crippen LogP contribution is -2.63. The first-order valence-corrected chi connectivity index (χ1v) is 9.68. The van der Waals surface area contributed by atoms with Crippen LogP contribution in [0.2, 0.25) is 0 Å². The summed E-state index contributed by atoms with van der Waals surface area (Å²) in [7, 11) is 2.01. The third-order valence-corrected chi connectivity index (χ3v) is 8.63. The van der Waals surface area contributed by atoms with Crippen LogP contribution in [0, 0.1) is 34.5 Å². The average molecular weight is 329 g/mol. The number of ketones is 1. The first kappa shape index (κ1) is 16.4. The Morgan fingerprint density at radius 1 is 1.17 bits per heavy atom. The van der Waals surface area contributed by atoms with Gasteiger partial charge in [0.05, 0.1) is 0 Å². The highest BCUT2D eigenvalue weighted by Gasteiger charge is 2.63. The number of carbonyl (C=O) groups excluding carboxylic acids is 2. The molecule has 1 saturated heterocycles. The van der Waals surface area contributed by atoms with Crippen molar-refractivity contribution in [2.45, 2.75) is 65.3 Å². The lowest BCUT2D eigenvalue weighted by atomic mass is 9.45. The molecule has 4 aliphatic rings. The Morgan fingerprint density at radius 3 is 2.58 bits per heavy atom. The lowest BCUT2D eigenvalue weighted by molar-refractivity contribution is -0.166. The van der Waals surface area contributed by atoms with Gasteiger partial charge >= 0.3 is 0 Å². The largest absolute Gasteiger partial charge is 0.342 e. The minimum absolute atomic E-state index is 0.175. The summed E-state index contributed by atoms with van der Waals surface area (Å²) in [6.45, 7) is 11.1. The number of piperidine rings is 1. The summed E-state index contributed by atoms with van der Waals surface area (Å²) in [5.41, 5.74) is 0.902. The SMILES string of the molecule is C=C1CC2C3C(C)CC4N(C)C(=O)CC[C@]4(C)C3CC[C@]2(C)C1=O. The van der Waals surface area contributed by atoms with E-state index in [0.29, 0.717) is 47.8 Å². The molecule has 24 heavy (non-hydrogen) atoms. The molecule has 1 heterocycles. The maximum Gasteiger partial charge on any atom is 0.222 e. The summed E-state index contributed by atoms with van der Waals surface area (Å²) in [6.07, 6.45) is 5.84. The van der Waals surface area contributed by atoms with Gasteiger partial charge in [-0.05, 0) is 66.8 Å². The van der Waals surface area contributed by atoms with Gasteiger partial charge < -0.3 is 4.90 Å². The van der Waals surface area contributed by atoms with Crippen LogP contribution in [-0.4, -0.2) is 29.7 Å². The third-order valence-electron chi connectivity index (χ3n) is 8.63. The fourth-order valence-electron chi connectivity index (χ4n) is 7.21. The topological polar surface area (TPSA) is 37.4 Å². The second kappa shape index (κ2) is 4.95. The molecule has 3 heteroatoms. The summed E-state index contributed by atoms with van der Waals surface area (Å²) in [4.78, 5) is 27.0. The van der Waals surface area contributed by atoms with Crippen molar-refractivity contribution in [1.29, 1.82) is 0 Å². The van der Waals surface area contributed by atoms with E-state index in [1.807, 2.05) is 11.9 Å². The molecule has 0 N–H and O–H groups in total. The number of likely N-dealkylation sites (tertiary alicyclic amines) is 1. The number of amides is 1. The summed E-state index contributed by atoms with van der Waals surface area (Å²) in [6, 6.07) is 0.375. The van der Waals surface area contributed by atoms with E-state index < -0.39 is 0 Å². The van der Waals surface area contributed by atoms with Crippen LogP contribution in [0.4, 0.5) is 0 Å². The maximum absolute atomic E-state index is 12.7. The van der Waals surface area contributed by atoms with Crippen molar-refractivity contribution < 1.29 is 9.59 Å². The molecular formula is C21H31NO2. The van der Waals surface area contributed by atoms with Gasteiger partial charge in [0.2, 0.25) is 5.91 Å². The number of hydrogen-bond acceptors (Lipinski definition) is 2. The van der Waals surface area contributed by atoms with Crippen LogP contribution in [0.15, 0.2) is 12.2 Å². The number of nitrogens with zero attached hydrogens (tertiary/aromatic N) is 1. The highest BCUT2D eigenvalue weighted by atomic mass is 16.2. The number of allylic oxidation sites excluding steroid dienone is 1. The Kier molecular flexibility index (Phi) is 3.38. The van der Waals surface area contributed by atoms with Crippen molar-refractivity contribution in [2.24, 2.45) is 34.5 Å². The van der Waals surface area contributed by atoms with Crippen LogP contribution in [0.3, 0.4) is 0 Å². The van der Waals surface area contributed by atoms with E-state index in [9.17, 15) is 9.59 Å². The second-order valence-corrected chi connectivity index (χ2v) is 9.62. The zero-order valence-corrected chi connectivity index (χ0v) is 15.6. The van der Waals surface area contributed by atoms with Crippen molar-refractivity contribution in [3.8, 4) is 0 Å². The van der Waals surface area contributed by atoms with E-state index in [0.717, 1.165) is 37.7 Å². The first-order valence-electron chi connectivity index (χ1n) is 9.68. The van der Waals surface area contributed by atoms with Gasteiger partial charge in [-0.15, -0.1) is 0 Å². The van der Waals surface area contributed by atoms with Crippen molar-refractivity contribution in [3.63, 3.8) is 0 Å². The van der Waals surface area contributed by atoms with E-state index in [1.54, 1.807) is 0 Å². The molecule has 3 aliphatic carbocycles. The molecule has 0 aromatic heterocycles. The third kappa shape index (κ3) is 1.84. The van der Waals surface area contributed by atoms with Gasteiger partial charge in [-0.2, -0.15) is 0 Å². The number of rotatable bonds is 0. The van der Waals surface area contributed by atoms with Crippen molar-refractivity contribution >= 4 is 11.7 Å². The molecule has 0 aromatic carbocycles. The molecule has 0 spiro atoms. The Hall–Kier alpha value is -1.12. The quantitative estimate of drug-likeness (QED) is 0.633. The summed E-state index contributed by atoms with van der Waals surface area (Å²) in [5.74, 6) is 2.93. The number of carbonyl (C=O) groups is 2. The minimum atomic E-state index is -0.175. The molecule has 7 atom stereocenters. The monoisotopic (exact) mass is 329 g/mol. The van der Waals surface area contributed by atoms with Gasteiger partial charge in [-0.25, -0.2) is 0 Å². The maximum atomic E-state index is 12.7. The van der Waals surface area contributed by atoms with Crippen LogP contribution in [0.5, 0.6) is 0 Å². The Labute approximate surface area is 145 Å². The highest BCUT2D eigenvalue weighted by Crippen LogP contribution is 2.65. The van der Waals surface area contributed by atoms with E-state index in [1.165, 1.54) is 0 Å². The fourth-order valence-corrected chi connectivity index (χ4v) is 7.21. The van der Waals surface area contributed by atoms with E-state index in [-0.39, 0.29) is 10.8 Å². The molecule has 3 saturated carbocycles. The molecule has 0 aromatic rings. The second-order valence-electron chi connectivity index (χ2n) is 9.62. The van der Waals surface area contributed by atoms with E-state index in [4.69, 9.17) is 0 Å². The summed E-state index contributed by atoms with van der Waals surface area (Å²) in [5, 5.41) is 0. The standard InChI is InChI=1S/C21H31NO2/c1-12-11-16-20(3,9-7-17(23)22(16)5)14-6-8-21(4)15(18(12)14)10-13(2)19(21)24/h12,14-16,18H,2,6-11H2,1,3-5H3/t12?,14?,15?,16?,18?,20-,21+/m1/s1. The average Bonchev–Trinajstić information content (AvgIpc) is 2.77. The van der Waals surface area contributed by atoms with Crippen LogP contribution in [0.25, 0.3) is 0 Å². The van der Waals surface area contributed by atoms with Crippen molar-refractivity contribution in [2.75, 3.05) is 7.05 Å². The molecular weight excluding hydrogens is 298 g/mol. The smallest absolute Gasteiger partial charge is 0.222 e. The molecule has 1 amide bonds. The van der Waals surface area contributed by atoms with Crippen LogP contribution < -0.4 is 0 Å². The van der Waals surface area contributed by atoms with E-state index >= 15 is 0 Å². The molecule has 3 nitrogen and oxygen atoms in total. The van der Waals surface area contributed by atoms with Gasteiger partial charge in [-0.1, -0.05) is 27.4 Å². The molecule has 1 aliphatic heterocycles. The van der Waals surface area contributed by atoms with Gasteiger partial charge in [-0.3, -0.25) is 9.59 Å². The molecule has 132 valence electrons. The van der Waals surface area contributed by atoms with Crippen LogP contribution in [-0.2, 0) is 9.59 Å². The fraction of sp³-hybridized carbons (Fsp3) is 0.810. The molecule has 0 radical (unpaired) electrons. The van der Waals surface area contributed by atoms with Crippen LogP contribution in [0.1, 0.15) is 59.3 Å². The Morgan fingerprint density at radius 2 is 1.88 bits per heavy atom. The predicted molar refractivity (Wildman–Crippen MR) is 94.3 cm³/mol. The Balaban J connectivity index is 1.73. The van der Waals surface area contributed by atoms with E-state index in [2.05, 4.69) is 27.4 Å². The zero-order valence-electron chi connectivity index (χ0n) is 15.6. The van der Waals surface area contributed by atoms with Gasteiger partial charge in [0, 0.05) is 24.9 Å². The highest BCUT2D eigenvalue weighted by molar-refractivity contribution is 6.02. The minimum Gasteiger partial charge on any atom is -0.342 e. The first-order chi connectivity index (χ1) is 11.2. The lowest BCUT2D eigenvalue weighted by Gasteiger charge is -2.62. The summed E-state index contributed by atoms with van der Waals surface area (Å²) >= 11 is 0.